The Hall–Kier alpha value is -3.59. The van der Waals surface area contributed by atoms with Gasteiger partial charge in [-0.2, -0.15) is 0 Å². The molecule has 0 atom stereocenters. The summed E-state index contributed by atoms with van der Waals surface area (Å²) in [7, 11) is 0. The third kappa shape index (κ3) is 4.83. The number of hydrogen-bond donors (Lipinski definition) is 1. The first kappa shape index (κ1) is 21.6. The second-order valence-electron chi connectivity index (χ2n) is 7.29. The van der Waals surface area contributed by atoms with Crippen molar-refractivity contribution in [2.75, 3.05) is 18.5 Å². The van der Waals surface area contributed by atoms with E-state index in [1.54, 1.807) is 24.3 Å². The Labute approximate surface area is 189 Å². The molecule has 0 aliphatic carbocycles. The van der Waals surface area contributed by atoms with Crippen molar-refractivity contribution in [1.82, 2.24) is 15.1 Å². The lowest BCUT2D eigenvalue weighted by Crippen LogP contribution is -2.31. The van der Waals surface area contributed by atoms with Gasteiger partial charge in [0.25, 0.3) is 17.7 Å². The van der Waals surface area contributed by atoms with Crippen molar-refractivity contribution in [3.63, 3.8) is 0 Å². The minimum atomic E-state index is -0.342. The van der Waals surface area contributed by atoms with Gasteiger partial charge in [-0.1, -0.05) is 48.9 Å². The van der Waals surface area contributed by atoms with Crippen molar-refractivity contribution < 1.29 is 19.1 Å². The Balaban J connectivity index is 1.25. The second-order valence-corrected chi connectivity index (χ2v) is 8.35. The molecular weight excluding hydrogens is 428 g/mol. The Morgan fingerprint density at radius 1 is 1.00 bits per heavy atom. The number of amides is 3. The summed E-state index contributed by atoms with van der Waals surface area (Å²) in [6.07, 6.45) is 2.44. The van der Waals surface area contributed by atoms with E-state index in [-0.39, 0.29) is 30.9 Å². The minimum Gasteiger partial charge on any atom is -0.484 e. The van der Waals surface area contributed by atoms with Crippen molar-refractivity contribution in [1.29, 1.82) is 0 Å². The highest BCUT2D eigenvalue weighted by Gasteiger charge is 2.34. The van der Waals surface area contributed by atoms with Crippen LogP contribution in [0.1, 0.15) is 44.6 Å². The van der Waals surface area contributed by atoms with E-state index >= 15 is 0 Å². The van der Waals surface area contributed by atoms with Gasteiger partial charge in [0.05, 0.1) is 11.1 Å². The smallest absolute Gasteiger partial charge is 0.264 e. The summed E-state index contributed by atoms with van der Waals surface area (Å²) in [5.74, 6) is -0.323. The van der Waals surface area contributed by atoms with Gasteiger partial charge < -0.3 is 4.74 Å². The molecule has 1 aliphatic rings. The van der Waals surface area contributed by atoms with E-state index in [0.29, 0.717) is 33.4 Å². The molecule has 1 N–H and O–H groups in total. The monoisotopic (exact) mass is 450 g/mol. The van der Waals surface area contributed by atoms with Gasteiger partial charge in [-0.15, -0.1) is 10.2 Å². The van der Waals surface area contributed by atoms with Crippen LogP contribution in [0.2, 0.25) is 0 Å². The van der Waals surface area contributed by atoms with Gasteiger partial charge in [0.1, 0.15) is 10.8 Å². The van der Waals surface area contributed by atoms with Crippen LogP contribution in [0.3, 0.4) is 0 Å². The first-order valence-corrected chi connectivity index (χ1v) is 11.2. The molecule has 0 spiro atoms. The van der Waals surface area contributed by atoms with Gasteiger partial charge >= 0.3 is 0 Å². The number of fused-ring (bicyclic) bond motifs is 1. The highest BCUT2D eigenvalue weighted by molar-refractivity contribution is 7.15. The number of aryl methyl sites for hydroxylation is 1. The average molecular weight is 451 g/mol. The maximum absolute atomic E-state index is 12.4. The molecule has 0 bridgehead atoms. The zero-order valence-corrected chi connectivity index (χ0v) is 18.4. The molecule has 164 valence electrons. The quantitative estimate of drug-likeness (QED) is 0.502. The van der Waals surface area contributed by atoms with Gasteiger partial charge in [-0.05, 0) is 36.2 Å². The predicted octanol–water partition coefficient (Wildman–Crippen LogP) is 3.35. The van der Waals surface area contributed by atoms with Crippen LogP contribution in [-0.2, 0) is 17.6 Å². The summed E-state index contributed by atoms with van der Waals surface area (Å²) in [4.78, 5) is 38.2. The van der Waals surface area contributed by atoms with E-state index in [1.807, 2.05) is 24.3 Å². The maximum Gasteiger partial charge on any atom is 0.264 e. The van der Waals surface area contributed by atoms with Crippen molar-refractivity contribution in [3.8, 4) is 5.75 Å². The van der Waals surface area contributed by atoms with Crippen LogP contribution in [0, 0.1) is 0 Å². The molecule has 1 aliphatic heterocycles. The Morgan fingerprint density at radius 3 is 2.34 bits per heavy atom. The number of nitrogens with zero attached hydrogens (tertiary/aromatic N) is 3. The standard InChI is InChI=1S/C23H22N4O4S/c1-2-5-15-8-10-16(11-9-15)31-14-19(28)24-23-26-25-20(32-23)12-13-27-21(29)17-6-3-4-7-18(17)22(27)30/h3-4,6-11H,2,5,12-14H2,1H3,(H,24,26,28). The SMILES string of the molecule is CCCc1ccc(OCC(=O)Nc2nnc(CCN3C(=O)c4ccccc4C3=O)s2)cc1. The zero-order chi connectivity index (χ0) is 22.5. The molecule has 2 heterocycles. The molecule has 1 aromatic heterocycles. The number of carbonyl (C=O) groups excluding carboxylic acids is 3. The largest absolute Gasteiger partial charge is 0.484 e. The lowest BCUT2D eigenvalue weighted by molar-refractivity contribution is -0.118. The lowest BCUT2D eigenvalue weighted by Gasteiger charge is -2.12. The Kier molecular flexibility index (Phi) is 6.55. The minimum absolute atomic E-state index is 0.142. The highest BCUT2D eigenvalue weighted by atomic mass is 32.1. The third-order valence-corrected chi connectivity index (χ3v) is 5.87. The summed E-state index contributed by atoms with van der Waals surface area (Å²) in [5, 5.41) is 11.6. The van der Waals surface area contributed by atoms with Crippen LogP contribution < -0.4 is 10.1 Å². The van der Waals surface area contributed by atoms with Crippen LogP contribution in [0.15, 0.2) is 48.5 Å². The van der Waals surface area contributed by atoms with Gasteiger partial charge in [-0.3, -0.25) is 24.6 Å². The Morgan fingerprint density at radius 2 is 1.69 bits per heavy atom. The summed E-state index contributed by atoms with van der Waals surface area (Å²) in [6.45, 7) is 2.18. The molecule has 32 heavy (non-hydrogen) atoms. The highest BCUT2D eigenvalue weighted by Crippen LogP contribution is 2.23. The number of imide groups is 1. The van der Waals surface area contributed by atoms with Crippen LogP contribution in [-0.4, -0.2) is 46.0 Å². The number of benzene rings is 2. The van der Waals surface area contributed by atoms with Crippen LogP contribution in [0.4, 0.5) is 5.13 Å². The summed E-state index contributed by atoms with van der Waals surface area (Å²) < 4.78 is 5.51. The van der Waals surface area contributed by atoms with Gasteiger partial charge in [0, 0.05) is 13.0 Å². The van der Waals surface area contributed by atoms with Crippen molar-refractivity contribution in [2.45, 2.75) is 26.2 Å². The lowest BCUT2D eigenvalue weighted by atomic mass is 10.1. The van der Waals surface area contributed by atoms with E-state index in [1.165, 1.54) is 21.8 Å². The van der Waals surface area contributed by atoms with Crippen LogP contribution in [0.5, 0.6) is 5.75 Å². The maximum atomic E-state index is 12.4. The van der Waals surface area contributed by atoms with E-state index in [4.69, 9.17) is 4.74 Å². The van der Waals surface area contributed by atoms with E-state index < -0.39 is 0 Å². The molecule has 0 saturated carbocycles. The molecule has 8 nitrogen and oxygen atoms in total. The number of nitrogens with one attached hydrogen (secondary N) is 1. The zero-order valence-electron chi connectivity index (χ0n) is 17.5. The molecule has 2 aromatic carbocycles. The predicted molar refractivity (Wildman–Crippen MR) is 120 cm³/mol. The molecule has 3 aromatic rings. The number of hydrogen-bond acceptors (Lipinski definition) is 7. The number of rotatable bonds is 9. The third-order valence-electron chi connectivity index (χ3n) is 4.97. The van der Waals surface area contributed by atoms with E-state index in [9.17, 15) is 14.4 Å². The molecule has 0 saturated heterocycles. The Bertz CT molecular complexity index is 1110. The fourth-order valence-corrected chi connectivity index (χ4v) is 4.14. The van der Waals surface area contributed by atoms with Gasteiger partial charge in [-0.25, -0.2) is 0 Å². The fraction of sp³-hybridized carbons (Fsp3) is 0.261. The molecule has 9 heteroatoms. The number of anilines is 1. The molecule has 3 amide bonds. The van der Waals surface area contributed by atoms with E-state index in [2.05, 4.69) is 22.4 Å². The summed E-state index contributed by atoms with van der Waals surface area (Å²) >= 11 is 1.20. The molecular formula is C23H22N4O4S. The van der Waals surface area contributed by atoms with Crippen molar-refractivity contribution in [3.05, 3.63) is 70.2 Å². The first-order chi connectivity index (χ1) is 15.5. The van der Waals surface area contributed by atoms with Gasteiger partial charge in [0.2, 0.25) is 5.13 Å². The topological polar surface area (TPSA) is 101 Å². The summed E-state index contributed by atoms with van der Waals surface area (Å²) in [6, 6.07) is 14.4. The molecule has 0 unspecified atom stereocenters. The average Bonchev–Trinajstić information content (AvgIpc) is 3.34. The number of aromatic nitrogens is 2. The van der Waals surface area contributed by atoms with E-state index in [0.717, 1.165) is 12.8 Å². The van der Waals surface area contributed by atoms with Crippen molar-refractivity contribution >= 4 is 34.2 Å². The van der Waals surface area contributed by atoms with Crippen molar-refractivity contribution in [2.24, 2.45) is 0 Å². The molecule has 0 fully saturated rings. The molecule has 0 radical (unpaired) electrons. The number of carbonyl (C=O) groups is 3. The molecule has 4 rings (SSSR count). The second kappa shape index (κ2) is 9.69. The van der Waals surface area contributed by atoms with Crippen LogP contribution >= 0.6 is 11.3 Å². The van der Waals surface area contributed by atoms with Gasteiger partial charge in [0.15, 0.2) is 6.61 Å². The summed E-state index contributed by atoms with van der Waals surface area (Å²) in [5.41, 5.74) is 2.07. The normalized spacial score (nSPS) is 12.7. The fourth-order valence-electron chi connectivity index (χ4n) is 3.40. The van der Waals surface area contributed by atoms with Crippen LogP contribution in [0.25, 0.3) is 0 Å². The number of ether oxygens (including phenoxy) is 1. The first-order valence-electron chi connectivity index (χ1n) is 10.3.